The molecule has 0 aliphatic rings. The van der Waals surface area contributed by atoms with Crippen LogP contribution >= 0.6 is 0 Å². The predicted octanol–water partition coefficient (Wildman–Crippen LogP) is 2.21. The normalized spacial score (nSPS) is 13.4. The Hall–Kier alpha value is -1.65. The van der Waals surface area contributed by atoms with Gasteiger partial charge in [0, 0.05) is 18.7 Å². The number of nitrogens with zero attached hydrogens (tertiary/aromatic N) is 1. The molecule has 1 aromatic carbocycles. The van der Waals surface area contributed by atoms with Crippen molar-refractivity contribution in [2.24, 2.45) is 10.7 Å². The van der Waals surface area contributed by atoms with Crippen molar-refractivity contribution >= 4 is 5.96 Å². The van der Waals surface area contributed by atoms with Gasteiger partial charge in [-0.05, 0) is 37.5 Å². The minimum Gasteiger partial charge on any atom is -0.370 e. The van der Waals surface area contributed by atoms with Crippen LogP contribution in [0.5, 0.6) is 0 Å². The lowest BCUT2D eigenvalue weighted by Gasteiger charge is -2.11. The van der Waals surface area contributed by atoms with Crippen LogP contribution in [-0.4, -0.2) is 18.5 Å². The Morgan fingerprint density at radius 2 is 1.94 bits per heavy atom. The first kappa shape index (κ1) is 14.4. The maximum atomic E-state index is 12.9. The molecule has 0 saturated heterocycles. The predicted molar refractivity (Wildman–Crippen MR) is 69.4 cm³/mol. The summed E-state index contributed by atoms with van der Waals surface area (Å²) in [6.45, 7) is 4.45. The molecule has 0 spiro atoms. The summed E-state index contributed by atoms with van der Waals surface area (Å²) in [5.74, 6) is -0.777. The summed E-state index contributed by atoms with van der Waals surface area (Å²) in [6, 6.07) is 3.72. The number of aliphatic imine (C=N–C) groups is 1. The Morgan fingerprint density at radius 1 is 1.33 bits per heavy atom. The highest BCUT2D eigenvalue weighted by Crippen LogP contribution is 2.08. The average molecular weight is 255 g/mol. The molecule has 1 unspecified atom stereocenters. The van der Waals surface area contributed by atoms with Crippen LogP contribution < -0.4 is 11.1 Å². The van der Waals surface area contributed by atoms with Gasteiger partial charge in [-0.15, -0.1) is 0 Å². The van der Waals surface area contributed by atoms with Gasteiger partial charge in [0.05, 0.1) is 0 Å². The van der Waals surface area contributed by atoms with E-state index >= 15 is 0 Å². The Kier molecular flexibility index (Phi) is 5.55. The molecular formula is C13H19F2N3. The fourth-order valence-corrected chi connectivity index (χ4v) is 1.46. The van der Waals surface area contributed by atoms with E-state index in [-0.39, 0.29) is 6.04 Å². The van der Waals surface area contributed by atoms with Crippen molar-refractivity contribution in [2.75, 3.05) is 6.54 Å². The maximum Gasteiger partial charge on any atom is 0.188 e. The van der Waals surface area contributed by atoms with E-state index in [0.717, 1.165) is 12.5 Å². The van der Waals surface area contributed by atoms with Crippen LogP contribution in [0.15, 0.2) is 23.2 Å². The number of hydrogen-bond acceptors (Lipinski definition) is 1. The molecule has 0 aromatic heterocycles. The number of benzene rings is 1. The second-order valence-electron chi connectivity index (χ2n) is 4.25. The van der Waals surface area contributed by atoms with Crippen molar-refractivity contribution in [1.29, 1.82) is 0 Å². The molecule has 0 aliphatic carbocycles. The Balaban J connectivity index is 2.47. The molecule has 18 heavy (non-hydrogen) atoms. The summed E-state index contributed by atoms with van der Waals surface area (Å²) >= 11 is 0. The highest BCUT2D eigenvalue weighted by molar-refractivity contribution is 5.78. The molecule has 3 N–H and O–H groups in total. The van der Waals surface area contributed by atoms with E-state index in [1.807, 2.05) is 13.8 Å². The van der Waals surface area contributed by atoms with Gasteiger partial charge in [0.25, 0.3) is 0 Å². The van der Waals surface area contributed by atoms with Crippen molar-refractivity contribution in [3.05, 3.63) is 35.4 Å². The monoisotopic (exact) mass is 255 g/mol. The third kappa shape index (κ3) is 5.12. The smallest absolute Gasteiger partial charge is 0.188 e. The zero-order chi connectivity index (χ0) is 13.5. The molecule has 0 bridgehead atoms. The molecule has 0 saturated carbocycles. The van der Waals surface area contributed by atoms with Gasteiger partial charge in [-0.2, -0.15) is 0 Å². The van der Waals surface area contributed by atoms with Gasteiger partial charge in [0.2, 0.25) is 0 Å². The SMILES string of the molecule is CCC(C)NC(N)=NCCc1cc(F)cc(F)c1. The van der Waals surface area contributed by atoms with Crippen LogP contribution in [0.2, 0.25) is 0 Å². The number of halogens is 2. The lowest BCUT2D eigenvalue weighted by molar-refractivity contribution is 0.579. The summed E-state index contributed by atoms with van der Waals surface area (Å²) < 4.78 is 25.8. The summed E-state index contributed by atoms with van der Waals surface area (Å²) in [7, 11) is 0. The second-order valence-corrected chi connectivity index (χ2v) is 4.25. The maximum absolute atomic E-state index is 12.9. The quantitative estimate of drug-likeness (QED) is 0.626. The fraction of sp³-hybridized carbons (Fsp3) is 0.462. The standard InChI is InChI=1S/C13H19F2N3/c1-3-9(2)18-13(16)17-5-4-10-6-11(14)8-12(15)7-10/h6-9H,3-5H2,1-2H3,(H3,16,17,18). The average Bonchev–Trinajstić information content (AvgIpc) is 2.27. The van der Waals surface area contributed by atoms with Crippen LogP contribution in [0.4, 0.5) is 8.78 Å². The molecule has 0 fully saturated rings. The molecule has 1 aromatic rings. The van der Waals surface area contributed by atoms with Crippen molar-refractivity contribution < 1.29 is 8.78 Å². The summed E-state index contributed by atoms with van der Waals surface area (Å²) in [4.78, 5) is 4.11. The number of guanidine groups is 1. The van der Waals surface area contributed by atoms with E-state index in [2.05, 4.69) is 10.3 Å². The molecule has 0 heterocycles. The van der Waals surface area contributed by atoms with Gasteiger partial charge in [0.1, 0.15) is 11.6 Å². The summed E-state index contributed by atoms with van der Waals surface area (Å²) in [6.07, 6.45) is 1.41. The topological polar surface area (TPSA) is 50.4 Å². The lowest BCUT2D eigenvalue weighted by atomic mass is 10.1. The van der Waals surface area contributed by atoms with E-state index in [9.17, 15) is 8.78 Å². The van der Waals surface area contributed by atoms with Crippen LogP contribution in [0.3, 0.4) is 0 Å². The lowest BCUT2D eigenvalue weighted by Crippen LogP contribution is -2.38. The summed E-state index contributed by atoms with van der Waals surface area (Å²) in [5.41, 5.74) is 6.24. The molecule has 1 atom stereocenters. The fourth-order valence-electron chi connectivity index (χ4n) is 1.46. The van der Waals surface area contributed by atoms with Gasteiger partial charge >= 0.3 is 0 Å². The minimum atomic E-state index is -0.570. The van der Waals surface area contributed by atoms with Crippen LogP contribution in [-0.2, 0) is 6.42 Å². The highest BCUT2D eigenvalue weighted by Gasteiger charge is 2.01. The molecular weight excluding hydrogens is 236 g/mol. The Morgan fingerprint density at radius 3 is 2.50 bits per heavy atom. The first-order chi connectivity index (χ1) is 8.51. The van der Waals surface area contributed by atoms with Crippen molar-refractivity contribution in [3.8, 4) is 0 Å². The van der Waals surface area contributed by atoms with Crippen LogP contribution in [0, 0.1) is 11.6 Å². The van der Waals surface area contributed by atoms with Gasteiger partial charge in [-0.1, -0.05) is 6.92 Å². The van der Waals surface area contributed by atoms with E-state index < -0.39 is 11.6 Å². The van der Waals surface area contributed by atoms with E-state index in [4.69, 9.17) is 5.73 Å². The number of nitrogens with two attached hydrogens (primary N) is 1. The van der Waals surface area contributed by atoms with Gasteiger partial charge in [0.15, 0.2) is 5.96 Å². The molecule has 0 radical (unpaired) electrons. The molecule has 0 aliphatic heterocycles. The van der Waals surface area contributed by atoms with Gasteiger partial charge in [-0.25, -0.2) is 8.78 Å². The number of nitrogens with one attached hydrogen (secondary N) is 1. The molecule has 3 nitrogen and oxygen atoms in total. The molecule has 1 rings (SSSR count). The van der Waals surface area contributed by atoms with Crippen LogP contribution in [0.25, 0.3) is 0 Å². The van der Waals surface area contributed by atoms with Crippen LogP contribution in [0.1, 0.15) is 25.8 Å². The second kappa shape index (κ2) is 6.93. The van der Waals surface area contributed by atoms with E-state index in [1.54, 1.807) is 0 Å². The Labute approximate surface area is 106 Å². The largest absolute Gasteiger partial charge is 0.370 e. The van der Waals surface area contributed by atoms with E-state index in [1.165, 1.54) is 12.1 Å². The zero-order valence-electron chi connectivity index (χ0n) is 10.7. The minimum absolute atomic E-state index is 0.264. The molecule has 0 amide bonds. The first-order valence-corrected chi connectivity index (χ1v) is 6.02. The zero-order valence-corrected chi connectivity index (χ0v) is 10.7. The van der Waals surface area contributed by atoms with Crippen molar-refractivity contribution in [1.82, 2.24) is 5.32 Å². The first-order valence-electron chi connectivity index (χ1n) is 6.02. The molecule has 5 heteroatoms. The Bertz CT molecular complexity index is 398. The van der Waals surface area contributed by atoms with Crippen molar-refractivity contribution in [2.45, 2.75) is 32.7 Å². The van der Waals surface area contributed by atoms with Gasteiger partial charge in [-0.3, -0.25) is 4.99 Å². The number of rotatable bonds is 5. The van der Waals surface area contributed by atoms with E-state index in [0.29, 0.717) is 24.5 Å². The number of hydrogen-bond donors (Lipinski definition) is 2. The third-order valence-electron chi connectivity index (χ3n) is 2.61. The van der Waals surface area contributed by atoms with Gasteiger partial charge < -0.3 is 11.1 Å². The van der Waals surface area contributed by atoms with Crippen molar-refractivity contribution in [3.63, 3.8) is 0 Å². The third-order valence-corrected chi connectivity index (χ3v) is 2.61. The summed E-state index contributed by atoms with van der Waals surface area (Å²) in [5, 5.41) is 3.02. The molecule has 100 valence electrons. The highest BCUT2D eigenvalue weighted by atomic mass is 19.1.